The van der Waals surface area contributed by atoms with E-state index in [0.29, 0.717) is 12.2 Å². The van der Waals surface area contributed by atoms with Gasteiger partial charge in [-0.25, -0.2) is 4.39 Å². The van der Waals surface area contributed by atoms with Crippen molar-refractivity contribution in [1.82, 2.24) is 5.32 Å². The van der Waals surface area contributed by atoms with Crippen molar-refractivity contribution in [3.63, 3.8) is 0 Å². The van der Waals surface area contributed by atoms with E-state index in [0.717, 1.165) is 0 Å². The largest absolute Gasteiger partial charge is 0.478 e. The van der Waals surface area contributed by atoms with E-state index in [1.54, 1.807) is 31.2 Å². The molecule has 1 aromatic carbocycles. The summed E-state index contributed by atoms with van der Waals surface area (Å²) in [6, 6.07) is 9.53. The average Bonchev–Trinajstić information content (AvgIpc) is 2.97. The Morgan fingerprint density at radius 1 is 1.35 bits per heavy atom. The van der Waals surface area contributed by atoms with E-state index in [4.69, 9.17) is 9.15 Å². The van der Waals surface area contributed by atoms with Crippen molar-refractivity contribution in [2.75, 3.05) is 0 Å². The maximum absolute atomic E-state index is 13.5. The van der Waals surface area contributed by atoms with Crippen LogP contribution in [0.5, 0.6) is 5.75 Å². The quantitative estimate of drug-likeness (QED) is 0.883. The van der Waals surface area contributed by atoms with E-state index < -0.39 is 11.9 Å². The van der Waals surface area contributed by atoms with Gasteiger partial charge in [-0.15, -0.1) is 0 Å². The van der Waals surface area contributed by atoms with Gasteiger partial charge in [0.1, 0.15) is 5.76 Å². The molecule has 0 aliphatic rings. The number of hydrogen-bond donors (Lipinski definition) is 1. The van der Waals surface area contributed by atoms with Crippen LogP contribution in [0, 0.1) is 5.82 Å². The third-order valence-electron chi connectivity index (χ3n) is 2.79. The Kier molecular flexibility index (Phi) is 4.76. The summed E-state index contributed by atoms with van der Waals surface area (Å²) in [5, 5.41) is 2.70. The van der Waals surface area contributed by atoms with Crippen LogP contribution in [0.15, 0.2) is 47.1 Å². The van der Waals surface area contributed by atoms with Crippen molar-refractivity contribution in [2.45, 2.75) is 26.0 Å². The number of para-hydroxylation sites is 1. The Labute approximate surface area is 116 Å². The lowest BCUT2D eigenvalue weighted by atomic mass is 10.2. The van der Waals surface area contributed by atoms with Crippen LogP contribution in [0.2, 0.25) is 0 Å². The first-order valence-corrected chi connectivity index (χ1v) is 6.42. The van der Waals surface area contributed by atoms with Gasteiger partial charge in [0.15, 0.2) is 17.7 Å². The molecule has 0 radical (unpaired) electrons. The summed E-state index contributed by atoms with van der Waals surface area (Å²) in [5.74, 6) is -0.0523. The Morgan fingerprint density at radius 2 is 2.15 bits per heavy atom. The number of ether oxygens (including phenoxy) is 1. The fourth-order valence-corrected chi connectivity index (χ4v) is 1.72. The van der Waals surface area contributed by atoms with E-state index in [1.807, 2.05) is 0 Å². The van der Waals surface area contributed by atoms with E-state index in [9.17, 15) is 9.18 Å². The highest BCUT2D eigenvalue weighted by Crippen LogP contribution is 2.18. The van der Waals surface area contributed by atoms with Crippen LogP contribution in [0.1, 0.15) is 19.1 Å². The molecular formula is C15H16FNO3. The summed E-state index contributed by atoms with van der Waals surface area (Å²) in [6.07, 6.45) is 1.24. The number of halogens is 1. The smallest absolute Gasteiger partial charge is 0.261 e. The van der Waals surface area contributed by atoms with Crippen LogP contribution in [0.4, 0.5) is 4.39 Å². The molecule has 0 unspecified atom stereocenters. The third kappa shape index (κ3) is 3.60. The van der Waals surface area contributed by atoms with Crippen LogP contribution in [-0.4, -0.2) is 12.0 Å². The normalized spacial score (nSPS) is 11.9. The minimum Gasteiger partial charge on any atom is -0.478 e. The highest BCUT2D eigenvalue weighted by molar-refractivity contribution is 5.81. The van der Waals surface area contributed by atoms with Crippen molar-refractivity contribution in [2.24, 2.45) is 0 Å². The molecule has 106 valence electrons. The SMILES string of the molecule is CC[C@H](Oc1ccccc1F)C(=O)NCc1ccco1. The van der Waals surface area contributed by atoms with Gasteiger partial charge in [0.2, 0.25) is 0 Å². The lowest BCUT2D eigenvalue weighted by Gasteiger charge is -2.17. The fraction of sp³-hybridized carbons (Fsp3) is 0.267. The number of amides is 1. The number of rotatable bonds is 6. The highest BCUT2D eigenvalue weighted by Gasteiger charge is 2.19. The van der Waals surface area contributed by atoms with Gasteiger partial charge in [-0.05, 0) is 30.7 Å². The fourth-order valence-electron chi connectivity index (χ4n) is 1.72. The zero-order chi connectivity index (χ0) is 14.4. The molecule has 2 aromatic rings. The van der Waals surface area contributed by atoms with Gasteiger partial charge < -0.3 is 14.5 Å². The second-order valence-electron chi connectivity index (χ2n) is 4.24. The van der Waals surface area contributed by atoms with Crippen LogP contribution in [0.25, 0.3) is 0 Å². The molecule has 1 amide bonds. The Bertz CT molecular complexity index is 554. The molecule has 4 nitrogen and oxygen atoms in total. The molecule has 5 heteroatoms. The molecule has 0 bridgehead atoms. The molecule has 1 aromatic heterocycles. The minimum atomic E-state index is -0.734. The van der Waals surface area contributed by atoms with E-state index >= 15 is 0 Å². The maximum atomic E-state index is 13.5. The van der Waals surface area contributed by atoms with E-state index in [2.05, 4.69) is 5.32 Å². The van der Waals surface area contributed by atoms with Crippen molar-refractivity contribution in [3.05, 3.63) is 54.2 Å². The summed E-state index contributed by atoms with van der Waals surface area (Å²) < 4.78 is 24.0. The standard InChI is InChI=1S/C15H16FNO3/c1-2-13(20-14-8-4-3-7-12(14)16)15(18)17-10-11-6-5-9-19-11/h3-9,13H,2,10H2,1H3,(H,17,18)/t13-/m0/s1. The van der Waals surface area contributed by atoms with Crippen molar-refractivity contribution in [3.8, 4) is 5.75 Å². The average molecular weight is 277 g/mol. The molecule has 0 saturated heterocycles. The molecule has 0 saturated carbocycles. The third-order valence-corrected chi connectivity index (χ3v) is 2.79. The second kappa shape index (κ2) is 6.75. The first-order valence-electron chi connectivity index (χ1n) is 6.42. The molecule has 20 heavy (non-hydrogen) atoms. The summed E-state index contributed by atoms with van der Waals surface area (Å²) in [4.78, 5) is 12.0. The Balaban J connectivity index is 1.94. The van der Waals surface area contributed by atoms with Gasteiger partial charge in [-0.3, -0.25) is 4.79 Å². The molecule has 1 atom stereocenters. The van der Waals surface area contributed by atoms with Crippen LogP contribution in [-0.2, 0) is 11.3 Å². The van der Waals surface area contributed by atoms with Crippen molar-refractivity contribution >= 4 is 5.91 Å². The zero-order valence-corrected chi connectivity index (χ0v) is 11.1. The monoisotopic (exact) mass is 277 g/mol. The lowest BCUT2D eigenvalue weighted by Crippen LogP contribution is -2.37. The summed E-state index contributed by atoms with van der Waals surface area (Å²) in [6.45, 7) is 2.08. The predicted molar refractivity (Wildman–Crippen MR) is 71.7 cm³/mol. The van der Waals surface area contributed by atoms with Gasteiger partial charge in [0, 0.05) is 0 Å². The Morgan fingerprint density at radius 3 is 2.80 bits per heavy atom. The Hall–Kier alpha value is -2.30. The van der Waals surface area contributed by atoms with Gasteiger partial charge in [-0.2, -0.15) is 0 Å². The molecule has 0 spiro atoms. The number of nitrogens with one attached hydrogen (secondary N) is 1. The molecule has 0 aliphatic carbocycles. The second-order valence-corrected chi connectivity index (χ2v) is 4.24. The van der Waals surface area contributed by atoms with Crippen LogP contribution >= 0.6 is 0 Å². The molecular weight excluding hydrogens is 261 g/mol. The first kappa shape index (κ1) is 14.1. The van der Waals surface area contributed by atoms with E-state index in [1.165, 1.54) is 18.4 Å². The van der Waals surface area contributed by atoms with Gasteiger partial charge in [0.25, 0.3) is 5.91 Å². The van der Waals surface area contributed by atoms with Gasteiger partial charge in [-0.1, -0.05) is 19.1 Å². The van der Waals surface area contributed by atoms with E-state index in [-0.39, 0.29) is 18.2 Å². The molecule has 0 fully saturated rings. The number of benzene rings is 1. The molecule has 0 aliphatic heterocycles. The number of hydrogen-bond acceptors (Lipinski definition) is 3. The number of furan rings is 1. The van der Waals surface area contributed by atoms with Crippen LogP contribution in [0.3, 0.4) is 0 Å². The maximum Gasteiger partial charge on any atom is 0.261 e. The summed E-state index contributed by atoms with van der Waals surface area (Å²) >= 11 is 0. The lowest BCUT2D eigenvalue weighted by molar-refractivity contribution is -0.128. The topological polar surface area (TPSA) is 51.5 Å². The first-order chi connectivity index (χ1) is 9.70. The number of carbonyl (C=O) groups excluding carboxylic acids is 1. The van der Waals surface area contributed by atoms with Crippen LogP contribution < -0.4 is 10.1 Å². The minimum absolute atomic E-state index is 0.0764. The highest BCUT2D eigenvalue weighted by atomic mass is 19.1. The van der Waals surface area contributed by atoms with Gasteiger partial charge >= 0.3 is 0 Å². The zero-order valence-electron chi connectivity index (χ0n) is 11.1. The van der Waals surface area contributed by atoms with Gasteiger partial charge in [0.05, 0.1) is 12.8 Å². The summed E-state index contributed by atoms with van der Waals surface area (Å²) in [5.41, 5.74) is 0. The predicted octanol–water partition coefficient (Wildman–Crippen LogP) is 2.89. The molecule has 1 heterocycles. The molecule has 2 rings (SSSR count). The molecule has 1 N–H and O–H groups in total. The van der Waals surface area contributed by atoms with Crippen molar-refractivity contribution in [1.29, 1.82) is 0 Å². The summed E-state index contributed by atoms with van der Waals surface area (Å²) in [7, 11) is 0. The number of carbonyl (C=O) groups is 1. The van der Waals surface area contributed by atoms with Crippen molar-refractivity contribution < 1.29 is 18.3 Å².